The number of hydrogen-bond acceptors (Lipinski definition) is 8. The van der Waals surface area contributed by atoms with E-state index < -0.39 is 0 Å². The molecule has 0 saturated heterocycles. The van der Waals surface area contributed by atoms with Gasteiger partial charge in [0.25, 0.3) is 22.9 Å². The number of fused-ring (bicyclic) bond motifs is 1. The number of thiazole rings is 1. The molecule has 0 unspecified atom stereocenters. The van der Waals surface area contributed by atoms with E-state index in [0.717, 1.165) is 34.2 Å². The zero-order valence-electron chi connectivity index (χ0n) is 15.5. The highest BCUT2D eigenvalue weighted by molar-refractivity contribution is 7.99. The molecule has 3 heterocycles. The lowest BCUT2D eigenvalue weighted by molar-refractivity contribution is 0.0652. The minimum atomic E-state index is -0.204. The maximum absolute atomic E-state index is 12.3. The monoisotopic (exact) mass is 414 g/mol. The van der Waals surface area contributed by atoms with Crippen molar-refractivity contribution in [2.45, 2.75) is 31.9 Å². The number of imide groups is 1. The molecule has 0 N–H and O–H groups in total. The second-order valence-corrected chi connectivity index (χ2v) is 8.63. The Bertz CT molecular complexity index is 1010. The Balaban J connectivity index is 1.26. The highest BCUT2D eigenvalue weighted by atomic mass is 32.2. The molecule has 28 heavy (non-hydrogen) atoms. The molecule has 0 saturated carbocycles. The maximum Gasteiger partial charge on any atom is 0.276 e. The summed E-state index contributed by atoms with van der Waals surface area (Å²) in [7, 11) is 0. The minimum absolute atomic E-state index is 0.204. The van der Waals surface area contributed by atoms with Gasteiger partial charge in [0.15, 0.2) is 0 Å². The standard InChI is InChI=1S/C19H18N4O3S2/c1-11-15(28-12(2)20-11)16-21-22-19(26-16)27-10-6-5-9-23-17(24)13-7-3-4-8-14(13)18(23)25/h3-4,7-8H,5-6,9-10H2,1-2H3. The largest absolute Gasteiger partial charge is 0.410 e. The van der Waals surface area contributed by atoms with Gasteiger partial charge in [-0.15, -0.1) is 21.5 Å². The van der Waals surface area contributed by atoms with Crippen molar-refractivity contribution in [1.29, 1.82) is 0 Å². The highest BCUT2D eigenvalue weighted by Crippen LogP contribution is 2.30. The summed E-state index contributed by atoms with van der Waals surface area (Å²) >= 11 is 3.01. The zero-order valence-corrected chi connectivity index (χ0v) is 17.1. The van der Waals surface area contributed by atoms with Gasteiger partial charge in [-0.2, -0.15) is 0 Å². The Labute approximate surface area is 170 Å². The van der Waals surface area contributed by atoms with Gasteiger partial charge >= 0.3 is 0 Å². The van der Waals surface area contributed by atoms with E-state index in [2.05, 4.69) is 15.2 Å². The summed E-state index contributed by atoms with van der Waals surface area (Å²) in [4.78, 5) is 31.2. The van der Waals surface area contributed by atoms with Crippen molar-refractivity contribution in [3.8, 4) is 10.8 Å². The van der Waals surface area contributed by atoms with E-state index in [1.165, 1.54) is 28.0 Å². The highest BCUT2D eigenvalue weighted by Gasteiger charge is 2.34. The van der Waals surface area contributed by atoms with Crippen molar-refractivity contribution in [2.75, 3.05) is 12.3 Å². The molecular weight excluding hydrogens is 396 g/mol. The van der Waals surface area contributed by atoms with Crippen molar-refractivity contribution < 1.29 is 14.0 Å². The van der Waals surface area contributed by atoms with Crippen LogP contribution in [0.2, 0.25) is 0 Å². The first kappa shape index (κ1) is 18.8. The van der Waals surface area contributed by atoms with Crippen LogP contribution >= 0.6 is 23.1 Å². The van der Waals surface area contributed by atoms with Crippen molar-refractivity contribution in [3.63, 3.8) is 0 Å². The van der Waals surface area contributed by atoms with Crippen LogP contribution in [0.25, 0.3) is 10.8 Å². The van der Waals surface area contributed by atoms with E-state index in [4.69, 9.17) is 4.42 Å². The Morgan fingerprint density at radius 2 is 1.79 bits per heavy atom. The molecule has 0 spiro atoms. The number of carbonyl (C=O) groups is 2. The third kappa shape index (κ3) is 3.59. The van der Waals surface area contributed by atoms with E-state index in [1.54, 1.807) is 24.3 Å². The number of hydrogen-bond donors (Lipinski definition) is 0. The number of benzene rings is 1. The molecular formula is C19H18N4O3S2. The van der Waals surface area contributed by atoms with E-state index in [0.29, 0.717) is 28.8 Å². The second-order valence-electron chi connectivity index (χ2n) is 6.38. The van der Waals surface area contributed by atoms with Crippen LogP contribution in [0.15, 0.2) is 33.9 Å². The summed E-state index contributed by atoms with van der Waals surface area (Å²) in [6.45, 7) is 4.29. The number of thioether (sulfide) groups is 1. The molecule has 2 aromatic heterocycles. The van der Waals surface area contributed by atoms with Gasteiger partial charge in [0.1, 0.15) is 4.88 Å². The summed E-state index contributed by atoms with van der Waals surface area (Å²) in [5.41, 5.74) is 1.88. The molecule has 1 aromatic carbocycles. The lowest BCUT2D eigenvalue weighted by atomic mass is 10.1. The summed E-state index contributed by atoms with van der Waals surface area (Å²) < 4.78 is 5.71. The molecule has 3 aromatic rings. The van der Waals surface area contributed by atoms with Gasteiger partial charge in [0.2, 0.25) is 0 Å². The van der Waals surface area contributed by atoms with Crippen LogP contribution in [0, 0.1) is 13.8 Å². The van der Waals surface area contributed by atoms with Gasteiger partial charge in [-0.1, -0.05) is 23.9 Å². The summed E-state index contributed by atoms with van der Waals surface area (Å²) in [5.74, 6) is 0.859. The molecule has 144 valence electrons. The fourth-order valence-corrected chi connectivity index (χ4v) is 4.66. The van der Waals surface area contributed by atoms with Gasteiger partial charge in [-0.05, 0) is 38.8 Å². The van der Waals surface area contributed by atoms with Crippen molar-refractivity contribution in [2.24, 2.45) is 0 Å². The number of aromatic nitrogens is 3. The summed E-state index contributed by atoms with van der Waals surface area (Å²) in [6, 6.07) is 6.95. The number of unbranched alkanes of at least 4 members (excludes halogenated alkanes) is 1. The third-order valence-electron chi connectivity index (χ3n) is 4.38. The molecule has 2 amide bonds. The van der Waals surface area contributed by atoms with E-state index >= 15 is 0 Å². The number of nitrogens with zero attached hydrogens (tertiary/aromatic N) is 4. The average molecular weight is 415 g/mol. The first-order valence-electron chi connectivity index (χ1n) is 8.90. The fraction of sp³-hybridized carbons (Fsp3) is 0.316. The van der Waals surface area contributed by atoms with Crippen molar-refractivity contribution in [3.05, 3.63) is 46.1 Å². The first-order valence-corrected chi connectivity index (χ1v) is 10.7. The Morgan fingerprint density at radius 3 is 2.43 bits per heavy atom. The second kappa shape index (κ2) is 7.84. The van der Waals surface area contributed by atoms with Crippen LogP contribution in [-0.4, -0.2) is 44.2 Å². The zero-order chi connectivity index (χ0) is 19.7. The lowest BCUT2D eigenvalue weighted by Gasteiger charge is -2.13. The van der Waals surface area contributed by atoms with Gasteiger partial charge in [0.05, 0.1) is 21.8 Å². The van der Waals surface area contributed by atoms with Gasteiger partial charge in [-0.25, -0.2) is 4.98 Å². The third-order valence-corrected chi connectivity index (χ3v) is 6.35. The van der Waals surface area contributed by atoms with Crippen LogP contribution in [0.3, 0.4) is 0 Å². The van der Waals surface area contributed by atoms with E-state index in [-0.39, 0.29) is 11.8 Å². The van der Waals surface area contributed by atoms with Crippen molar-refractivity contribution >= 4 is 34.9 Å². The smallest absolute Gasteiger partial charge is 0.276 e. The molecule has 0 fully saturated rings. The molecule has 0 atom stereocenters. The SMILES string of the molecule is Cc1nc(C)c(-c2nnc(SCCCCN3C(=O)c4ccccc4C3=O)o2)s1. The lowest BCUT2D eigenvalue weighted by Crippen LogP contribution is -2.30. The van der Waals surface area contributed by atoms with Crippen LogP contribution in [-0.2, 0) is 0 Å². The predicted molar refractivity (Wildman–Crippen MR) is 107 cm³/mol. The fourth-order valence-electron chi connectivity index (χ4n) is 3.06. The Hall–Kier alpha value is -2.52. The normalized spacial score (nSPS) is 13.4. The summed E-state index contributed by atoms with van der Waals surface area (Å²) in [5, 5.41) is 9.66. The number of amides is 2. The van der Waals surface area contributed by atoms with E-state index in [9.17, 15) is 9.59 Å². The van der Waals surface area contributed by atoms with Gasteiger partial charge in [-0.3, -0.25) is 14.5 Å². The van der Waals surface area contributed by atoms with Crippen molar-refractivity contribution in [1.82, 2.24) is 20.1 Å². The molecule has 1 aliphatic heterocycles. The molecule has 7 nitrogen and oxygen atoms in total. The number of rotatable bonds is 7. The van der Waals surface area contributed by atoms with Gasteiger partial charge in [0, 0.05) is 12.3 Å². The molecule has 4 rings (SSSR count). The van der Waals surface area contributed by atoms with Crippen LogP contribution in [0.4, 0.5) is 0 Å². The quantitative estimate of drug-likeness (QED) is 0.328. The summed E-state index contributed by atoms with van der Waals surface area (Å²) in [6.07, 6.45) is 1.56. The van der Waals surface area contributed by atoms with Crippen LogP contribution in [0.1, 0.15) is 44.3 Å². The molecule has 0 bridgehead atoms. The number of aryl methyl sites for hydroxylation is 2. The topological polar surface area (TPSA) is 89.2 Å². The first-order chi connectivity index (χ1) is 13.5. The van der Waals surface area contributed by atoms with Crippen LogP contribution < -0.4 is 0 Å². The number of carbonyl (C=O) groups excluding carboxylic acids is 2. The van der Waals surface area contributed by atoms with Gasteiger partial charge < -0.3 is 4.42 Å². The average Bonchev–Trinajstić information content (AvgIpc) is 3.34. The van der Waals surface area contributed by atoms with Crippen LogP contribution in [0.5, 0.6) is 0 Å². The van der Waals surface area contributed by atoms with E-state index in [1.807, 2.05) is 13.8 Å². The predicted octanol–water partition coefficient (Wildman–Crippen LogP) is 3.98. The minimum Gasteiger partial charge on any atom is -0.410 e. The molecule has 0 radical (unpaired) electrons. The molecule has 0 aliphatic carbocycles. The molecule has 1 aliphatic rings. The Morgan fingerprint density at radius 1 is 1.07 bits per heavy atom. The maximum atomic E-state index is 12.3. The Kier molecular flexibility index (Phi) is 5.27. The molecule has 9 heteroatoms.